The van der Waals surface area contributed by atoms with Crippen molar-refractivity contribution >= 4 is 23.0 Å². The number of rotatable bonds is 9. The van der Waals surface area contributed by atoms with Crippen LogP contribution >= 0.6 is 12.2 Å². The molecule has 1 fully saturated rings. The topological polar surface area (TPSA) is 76.0 Å². The summed E-state index contributed by atoms with van der Waals surface area (Å²) in [6, 6.07) is 29.1. The number of phenolic OH excluding ortho intramolecular Hbond substituents is 1. The van der Waals surface area contributed by atoms with Crippen LogP contribution in [0, 0.1) is 5.82 Å². The number of anilines is 1. The molecule has 0 spiro atoms. The lowest BCUT2D eigenvalue weighted by Crippen LogP contribution is -2.29. The number of thiocarbonyl (C=S) groups is 1. The minimum atomic E-state index is -0.698. The maximum absolute atomic E-state index is 13.3. The first-order valence-electron chi connectivity index (χ1n) is 13.1. The number of nitrogens with one attached hydrogen (secondary N) is 1. The van der Waals surface area contributed by atoms with E-state index in [1.165, 1.54) is 12.1 Å². The summed E-state index contributed by atoms with van der Waals surface area (Å²) < 4.78 is 13.3. The quantitative estimate of drug-likeness (QED) is 0.184. The summed E-state index contributed by atoms with van der Waals surface area (Å²) in [6.07, 6.45) is 1.18. The van der Waals surface area contributed by atoms with Crippen molar-refractivity contribution in [2.45, 2.75) is 44.1 Å². The Hall–Kier alpha value is -3.78. The minimum absolute atomic E-state index is 0.0975. The fourth-order valence-corrected chi connectivity index (χ4v) is 5.61. The van der Waals surface area contributed by atoms with Gasteiger partial charge in [-0.05, 0) is 84.1 Å². The Morgan fingerprint density at radius 1 is 0.897 bits per heavy atom. The molecular formula is C32H31FN2O3S. The van der Waals surface area contributed by atoms with Crippen LogP contribution < -0.4 is 10.2 Å². The summed E-state index contributed by atoms with van der Waals surface area (Å²) in [7, 11) is 0. The van der Waals surface area contributed by atoms with Gasteiger partial charge in [-0.2, -0.15) is 0 Å². The van der Waals surface area contributed by atoms with Crippen molar-refractivity contribution in [3.05, 3.63) is 120 Å². The summed E-state index contributed by atoms with van der Waals surface area (Å²) in [5.41, 5.74) is 5.13. The van der Waals surface area contributed by atoms with Crippen LogP contribution in [0.1, 0.15) is 48.1 Å². The van der Waals surface area contributed by atoms with Gasteiger partial charge in [-0.3, -0.25) is 0 Å². The van der Waals surface area contributed by atoms with E-state index in [-0.39, 0.29) is 30.3 Å². The summed E-state index contributed by atoms with van der Waals surface area (Å²) >= 11 is 5.79. The van der Waals surface area contributed by atoms with E-state index >= 15 is 0 Å². The molecule has 3 atom stereocenters. The molecule has 0 aliphatic carbocycles. The SMILES string of the molecule is OCc1ccc([C@@H]2[C@@H](CCCC(O)c3ccc(F)cc3)NC(=S)N2c2ccc(-c3ccccc3)cc2)c(O)c1. The maximum atomic E-state index is 13.3. The Morgan fingerprint density at radius 2 is 1.59 bits per heavy atom. The van der Waals surface area contributed by atoms with Crippen LogP contribution in [0.15, 0.2) is 97.1 Å². The average Bonchev–Trinajstić information content (AvgIpc) is 3.29. The molecule has 0 saturated carbocycles. The molecule has 4 N–H and O–H groups in total. The highest BCUT2D eigenvalue weighted by atomic mass is 32.1. The third-order valence-corrected chi connectivity index (χ3v) is 7.60. The first kappa shape index (κ1) is 26.8. The third-order valence-electron chi connectivity index (χ3n) is 7.28. The van der Waals surface area contributed by atoms with Crippen LogP contribution in [0.4, 0.5) is 10.1 Å². The molecule has 7 heteroatoms. The smallest absolute Gasteiger partial charge is 0.174 e. The van der Waals surface area contributed by atoms with Gasteiger partial charge in [-0.1, -0.05) is 66.7 Å². The second kappa shape index (κ2) is 11.9. The zero-order valence-electron chi connectivity index (χ0n) is 21.4. The number of benzene rings is 4. The lowest BCUT2D eigenvalue weighted by atomic mass is 9.92. The van der Waals surface area contributed by atoms with Gasteiger partial charge in [0.05, 0.1) is 24.8 Å². The second-order valence-corrected chi connectivity index (χ2v) is 10.2. The van der Waals surface area contributed by atoms with Crippen LogP contribution in [0.25, 0.3) is 11.1 Å². The van der Waals surface area contributed by atoms with Gasteiger partial charge in [0, 0.05) is 11.3 Å². The van der Waals surface area contributed by atoms with E-state index in [9.17, 15) is 19.7 Å². The molecule has 1 unspecified atom stereocenters. The zero-order chi connectivity index (χ0) is 27.4. The van der Waals surface area contributed by atoms with Gasteiger partial charge in [-0.15, -0.1) is 0 Å². The van der Waals surface area contributed by atoms with Crippen molar-refractivity contribution in [3.8, 4) is 16.9 Å². The van der Waals surface area contributed by atoms with Crippen molar-refractivity contribution in [3.63, 3.8) is 0 Å². The number of hydrogen-bond acceptors (Lipinski definition) is 4. The zero-order valence-corrected chi connectivity index (χ0v) is 22.2. The highest BCUT2D eigenvalue weighted by Gasteiger charge is 2.40. The maximum Gasteiger partial charge on any atom is 0.174 e. The number of nitrogens with zero attached hydrogens (tertiary/aromatic N) is 1. The van der Waals surface area contributed by atoms with Crippen LogP contribution in [0.5, 0.6) is 5.75 Å². The molecule has 1 heterocycles. The van der Waals surface area contributed by atoms with Gasteiger partial charge in [0.2, 0.25) is 0 Å². The molecule has 0 radical (unpaired) electrons. The fraction of sp³-hybridized carbons (Fsp3) is 0.219. The Balaban J connectivity index is 1.39. The molecule has 39 heavy (non-hydrogen) atoms. The molecule has 200 valence electrons. The summed E-state index contributed by atoms with van der Waals surface area (Å²) in [4.78, 5) is 2.03. The van der Waals surface area contributed by atoms with Gasteiger partial charge in [0.25, 0.3) is 0 Å². The molecule has 1 aliphatic rings. The monoisotopic (exact) mass is 542 g/mol. The number of aliphatic hydroxyl groups excluding tert-OH is 2. The van der Waals surface area contributed by atoms with E-state index in [4.69, 9.17) is 12.2 Å². The molecule has 5 rings (SSSR count). The first-order chi connectivity index (χ1) is 18.9. The van der Waals surface area contributed by atoms with Crippen LogP contribution in [-0.2, 0) is 6.61 Å². The molecule has 1 aliphatic heterocycles. The van der Waals surface area contributed by atoms with Gasteiger partial charge >= 0.3 is 0 Å². The summed E-state index contributed by atoms with van der Waals surface area (Å²) in [6.45, 7) is -0.162. The van der Waals surface area contributed by atoms with E-state index in [1.807, 2.05) is 47.4 Å². The standard InChI is InChI=1S/C32H31FN2O3S/c33-25-14-10-24(11-15-25)29(37)8-4-7-28-31(27-18-9-21(20-36)19-30(27)38)35(32(39)34-28)26-16-12-23(13-17-26)22-5-2-1-3-6-22/h1-3,5-6,9-19,28-29,31,36-38H,4,7-8,20H2,(H,34,39)/t28-,29?,31-/m1/s1. The van der Waals surface area contributed by atoms with Gasteiger partial charge in [0.1, 0.15) is 11.6 Å². The minimum Gasteiger partial charge on any atom is -0.508 e. The Kier molecular flexibility index (Phi) is 8.21. The average molecular weight is 543 g/mol. The van der Waals surface area contributed by atoms with E-state index in [1.54, 1.807) is 18.2 Å². The Bertz CT molecular complexity index is 1410. The summed E-state index contributed by atoms with van der Waals surface area (Å²) in [5.74, 6) is -0.235. The van der Waals surface area contributed by atoms with E-state index in [0.29, 0.717) is 41.1 Å². The van der Waals surface area contributed by atoms with Gasteiger partial charge < -0.3 is 25.5 Å². The molecule has 1 saturated heterocycles. The highest BCUT2D eigenvalue weighted by molar-refractivity contribution is 7.80. The fourth-order valence-electron chi connectivity index (χ4n) is 5.24. The Morgan fingerprint density at radius 3 is 2.26 bits per heavy atom. The third kappa shape index (κ3) is 5.96. The van der Waals surface area contributed by atoms with Crippen LogP contribution in [0.3, 0.4) is 0 Å². The molecule has 0 bridgehead atoms. The lowest BCUT2D eigenvalue weighted by molar-refractivity contribution is 0.162. The number of aromatic hydroxyl groups is 1. The van der Waals surface area contributed by atoms with Crippen molar-refractivity contribution in [1.82, 2.24) is 5.32 Å². The van der Waals surface area contributed by atoms with Crippen molar-refractivity contribution in [1.29, 1.82) is 0 Å². The molecule has 5 nitrogen and oxygen atoms in total. The first-order valence-corrected chi connectivity index (χ1v) is 13.5. The molecule has 0 aromatic heterocycles. The van der Waals surface area contributed by atoms with E-state index in [0.717, 1.165) is 16.8 Å². The number of aliphatic hydroxyl groups is 2. The molecule has 4 aromatic carbocycles. The predicted molar refractivity (Wildman–Crippen MR) is 156 cm³/mol. The van der Waals surface area contributed by atoms with Crippen LogP contribution in [0.2, 0.25) is 0 Å². The molecular weight excluding hydrogens is 511 g/mol. The number of phenols is 1. The van der Waals surface area contributed by atoms with Gasteiger partial charge in [-0.25, -0.2) is 4.39 Å². The highest BCUT2D eigenvalue weighted by Crippen LogP contribution is 2.41. The van der Waals surface area contributed by atoms with E-state index in [2.05, 4.69) is 29.6 Å². The van der Waals surface area contributed by atoms with Crippen molar-refractivity contribution < 1.29 is 19.7 Å². The lowest BCUT2D eigenvalue weighted by Gasteiger charge is -2.29. The molecule has 4 aromatic rings. The predicted octanol–water partition coefficient (Wildman–Crippen LogP) is 6.40. The number of halogens is 1. The summed E-state index contributed by atoms with van der Waals surface area (Å²) in [5, 5.41) is 35.1. The van der Waals surface area contributed by atoms with Crippen molar-refractivity contribution in [2.24, 2.45) is 0 Å². The van der Waals surface area contributed by atoms with Crippen molar-refractivity contribution in [2.75, 3.05) is 4.90 Å². The number of hydrogen-bond donors (Lipinski definition) is 4. The largest absolute Gasteiger partial charge is 0.508 e. The second-order valence-electron chi connectivity index (χ2n) is 9.83. The normalized spacial score (nSPS) is 17.7. The van der Waals surface area contributed by atoms with Crippen LogP contribution in [-0.4, -0.2) is 26.5 Å². The van der Waals surface area contributed by atoms with E-state index < -0.39 is 6.10 Å². The Labute approximate surface area is 233 Å². The van der Waals surface area contributed by atoms with Gasteiger partial charge in [0.15, 0.2) is 5.11 Å². The molecule has 0 amide bonds.